The Morgan fingerprint density at radius 2 is 2.25 bits per heavy atom. The van der Waals surface area contributed by atoms with Gasteiger partial charge in [-0.15, -0.1) is 0 Å². The molecule has 1 fully saturated rings. The van der Waals surface area contributed by atoms with Crippen LogP contribution in [0.15, 0.2) is 11.1 Å². The maximum absolute atomic E-state index is 12.0. The third-order valence-corrected chi connectivity index (χ3v) is 4.32. The Morgan fingerprint density at radius 3 is 2.92 bits per heavy atom. The molecule has 1 aliphatic rings. The predicted molar refractivity (Wildman–Crippen MR) is 85.0 cm³/mol. The lowest BCUT2D eigenvalue weighted by atomic mass is 9.94. The Bertz CT molecular complexity index is 828. The fourth-order valence-electron chi connectivity index (χ4n) is 2.92. The van der Waals surface area contributed by atoms with Gasteiger partial charge in [0.15, 0.2) is 17.4 Å². The SMILES string of the molecule is C[C@H]1O[C@@H](n2cnc3c(=O)[nH]c(N)nc32)[C@H](O)[C@@H]1CC(=O)N(C)C. The highest BCUT2D eigenvalue weighted by Gasteiger charge is 2.44. The first kappa shape index (κ1) is 16.4. The fraction of sp³-hybridized carbons (Fsp3) is 0.571. The van der Waals surface area contributed by atoms with E-state index in [-0.39, 0.29) is 41.5 Å². The van der Waals surface area contributed by atoms with Gasteiger partial charge in [0.2, 0.25) is 11.9 Å². The minimum absolute atomic E-state index is 0.0471. The number of nitrogen functional groups attached to an aromatic ring is 1. The second-order valence-corrected chi connectivity index (χ2v) is 6.15. The van der Waals surface area contributed by atoms with Gasteiger partial charge in [-0.05, 0) is 6.92 Å². The zero-order chi connectivity index (χ0) is 17.6. The highest BCUT2D eigenvalue weighted by molar-refractivity contribution is 5.76. The van der Waals surface area contributed by atoms with Crippen LogP contribution in [-0.4, -0.2) is 61.7 Å². The number of fused-ring (bicyclic) bond motifs is 1. The molecule has 2 aromatic heterocycles. The molecule has 1 aliphatic heterocycles. The number of nitrogens with one attached hydrogen (secondary N) is 1. The highest BCUT2D eigenvalue weighted by Crippen LogP contribution is 2.37. The van der Waals surface area contributed by atoms with Gasteiger partial charge in [-0.2, -0.15) is 4.98 Å². The molecule has 3 rings (SSSR count). The van der Waals surface area contributed by atoms with E-state index in [0.29, 0.717) is 0 Å². The second kappa shape index (κ2) is 5.87. The Hall–Kier alpha value is -2.46. The van der Waals surface area contributed by atoms with Crippen molar-refractivity contribution in [3.63, 3.8) is 0 Å². The van der Waals surface area contributed by atoms with Crippen LogP contribution in [0.25, 0.3) is 11.2 Å². The van der Waals surface area contributed by atoms with E-state index in [1.54, 1.807) is 21.0 Å². The van der Waals surface area contributed by atoms with E-state index in [4.69, 9.17) is 10.5 Å². The first-order valence-corrected chi connectivity index (χ1v) is 7.55. The molecule has 0 spiro atoms. The van der Waals surface area contributed by atoms with Crippen LogP contribution in [0.1, 0.15) is 19.6 Å². The summed E-state index contributed by atoms with van der Waals surface area (Å²) in [5.74, 6) is -0.514. The van der Waals surface area contributed by atoms with E-state index < -0.39 is 17.9 Å². The second-order valence-electron chi connectivity index (χ2n) is 6.15. The van der Waals surface area contributed by atoms with Crippen molar-refractivity contribution in [1.82, 2.24) is 24.4 Å². The van der Waals surface area contributed by atoms with Gasteiger partial charge < -0.3 is 20.5 Å². The molecule has 1 saturated heterocycles. The van der Waals surface area contributed by atoms with Crippen LogP contribution in [0.2, 0.25) is 0 Å². The summed E-state index contributed by atoms with van der Waals surface area (Å²) < 4.78 is 7.28. The molecule has 0 saturated carbocycles. The average molecular weight is 336 g/mol. The van der Waals surface area contributed by atoms with Crippen LogP contribution in [0.4, 0.5) is 5.95 Å². The zero-order valence-electron chi connectivity index (χ0n) is 13.6. The number of aliphatic hydroxyl groups excluding tert-OH is 1. The third kappa shape index (κ3) is 2.63. The standard InChI is InChI=1S/C14H20N6O4/c1-6-7(4-8(21)19(2)3)10(22)13(24-6)20-5-16-9-11(20)17-14(15)18-12(9)23/h5-7,10,13,22H,4H2,1-3H3,(H3,15,17,18,23)/t6-,7-,10-,13-/m1/s1. The number of aromatic amines is 1. The molecule has 0 radical (unpaired) electrons. The van der Waals surface area contributed by atoms with Gasteiger partial charge in [0.25, 0.3) is 5.56 Å². The Labute approximate surface area is 137 Å². The average Bonchev–Trinajstić information content (AvgIpc) is 3.03. The fourth-order valence-corrected chi connectivity index (χ4v) is 2.92. The van der Waals surface area contributed by atoms with Gasteiger partial charge >= 0.3 is 0 Å². The summed E-state index contributed by atoms with van der Waals surface area (Å²) in [6.45, 7) is 1.80. The molecule has 10 nitrogen and oxygen atoms in total. The van der Waals surface area contributed by atoms with Gasteiger partial charge in [0, 0.05) is 26.4 Å². The highest BCUT2D eigenvalue weighted by atomic mass is 16.5. The van der Waals surface area contributed by atoms with Crippen molar-refractivity contribution in [2.45, 2.75) is 31.8 Å². The van der Waals surface area contributed by atoms with Crippen molar-refractivity contribution < 1.29 is 14.6 Å². The number of H-pyrrole nitrogens is 1. The van der Waals surface area contributed by atoms with Crippen molar-refractivity contribution >= 4 is 23.0 Å². The quantitative estimate of drug-likeness (QED) is 0.658. The Morgan fingerprint density at radius 1 is 1.54 bits per heavy atom. The molecule has 0 aromatic carbocycles. The summed E-state index contributed by atoms with van der Waals surface area (Å²) in [5, 5.41) is 10.6. The lowest BCUT2D eigenvalue weighted by molar-refractivity contribution is -0.130. The zero-order valence-corrected chi connectivity index (χ0v) is 13.6. The van der Waals surface area contributed by atoms with Gasteiger partial charge in [-0.1, -0.05) is 0 Å². The van der Waals surface area contributed by atoms with Gasteiger partial charge in [0.1, 0.15) is 6.10 Å². The number of hydrogen-bond acceptors (Lipinski definition) is 7. The molecular weight excluding hydrogens is 316 g/mol. The number of nitrogens with two attached hydrogens (primary N) is 1. The minimum atomic E-state index is -0.941. The number of ether oxygens (including phenoxy) is 1. The molecule has 0 unspecified atom stereocenters. The topological polar surface area (TPSA) is 139 Å². The molecule has 10 heteroatoms. The van der Waals surface area contributed by atoms with Gasteiger partial charge in [-0.3, -0.25) is 19.1 Å². The van der Waals surface area contributed by atoms with E-state index in [9.17, 15) is 14.7 Å². The largest absolute Gasteiger partial charge is 0.388 e. The molecule has 24 heavy (non-hydrogen) atoms. The van der Waals surface area contributed by atoms with Crippen LogP contribution < -0.4 is 11.3 Å². The summed E-state index contributed by atoms with van der Waals surface area (Å²) in [6.07, 6.45) is -0.537. The van der Waals surface area contributed by atoms with Crippen LogP contribution in [0.3, 0.4) is 0 Å². The van der Waals surface area contributed by atoms with Crippen LogP contribution in [0, 0.1) is 5.92 Å². The molecule has 1 amide bonds. The number of imidazole rings is 1. The first-order valence-electron chi connectivity index (χ1n) is 7.55. The molecule has 3 heterocycles. The first-order chi connectivity index (χ1) is 11.3. The Balaban J connectivity index is 1.94. The molecule has 4 N–H and O–H groups in total. The summed E-state index contributed by atoms with van der Waals surface area (Å²) >= 11 is 0. The molecule has 0 aliphatic carbocycles. The van der Waals surface area contributed by atoms with E-state index in [0.717, 1.165) is 0 Å². The van der Waals surface area contributed by atoms with E-state index >= 15 is 0 Å². The number of nitrogens with zero attached hydrogens (tertiary/aromatic N) is 4. The van der Waals surface area contributed by atoms with Crippen LogP contribution in [-0.2, 0) is 9.53 Å². The predicted octanol–water partition coefficient (Wildman–Crippen LogP) is -0.925. The van der Waals surface area contributed by atoms with E-state index in [1.807, 2.05) is 0 Å². The van der Waals surface area contributed by atoms with Crippen molar-refractivity contribution in [3.8, 4) is 0 Å². The van der Waals surface area contributed by atoms with Crippen molar-refractivity contribution in [1.29, 1.82) is 0 Å². The number of rotatable bonds is 3. The van der Waals surface area contributed by atoms with Crippen LogP contribution >= 0.6 is 0 Å². The lowest BCUT2D eigenvalue weighted by Gasteiger charge is -2.20. The normalized spacial score (nSPS) is 26.8. The van der Waals surface area contributed by atoms with Crippen LogP contribution in [0.5, 0.6) is 0 Å². The van der Waals surface area contributed by atoms with Gasteiger partial charge in [-0.25, -0.2) is 4.98 Å². The summed E-state index contributed by atoms with van der Waals surface area (Å²) in [4.78, 5) is 35.7. The lowest BCUT2D eigenvalue weighted by Crippen LogP contribution is -2.32. The number of amides is 1. The van der Waals surface area contributed by atoms with Crippen molar-refractivity contribution in [2.24, 2.45) is 5.92 Å². The summed E-state index contributed by atoms with van der Waals surface area (Å²) in [6, 6.07) is 0. The van der Waals surface area contributed by atoms with Crippen molar-refractivity contribution in [2.75, 3.05) is 19.8 Å². The van der Waals surface area contributed by atoms with Gasteiger partial charge in [0.05, 0.1) is 12.4 Å². The van der Waals surface area contributed by atoms with Crippen molar-refractivity contribution in [3.05, 3.63) is 16.7 Å². The molecular formula is C14H20N6O4. The third-order valence-electron chi connectivity index (χ3n) is 4.32. The number of aromatic nitrogens is 4. The molecule has 4 atom stereocenters. The number of hydrogen-bond donors (Lipinski definition) is 3. The maximum atomic E-state index is 12.0. The maximum Gasteiger partial charge on any atom is 0.280 e. The Kier molecular flexibility index (Phi) is 4.01. The minimum Gasteiger partial charge on any atom is -0.388 e. The number of carbonyl (C=O) groups excluding carboxylic acids is 1. The number of aliphatic hydroxyl groups is 1. The number of carbonyl (C=O) groups is 1. The van der Waals surface area contributed by atoms with E-state index in [2.05, 4.69) is 15.0 Å². The molecule has 2 aromatic rings. The summed E-state index contributed by atoms with van der Waals surface area (Å²) in [5.41, 5.74) is 5.46. The number of anilines is 1. The molecule has 0 bridgehead atoms. The smallest absolute Gasteiger partial charge is 0.280 e. The molecule has 130 valence electrons. The summed E-state index contributed by atoms with van der Waals surface area (Å²) in [7, 11) is 3.32. The monoisotopic (exact) mass is 336 g/mol. The van der Waals surface area contributed by atoms with E-state index in [1.165, 1.54) is 15.8 Å².